The number of nitrogens with two attached hydrogens (primary N) is 2. The van der Waals surface area contributed by atoms with Gasteiger partial charge < -0.3 is 11.5 Å². The third-order valence-electron chi connectivity index (χ3n) is 1.25. The van der Waals surface area contributed by atoms with E-state index in [-0.39, 0.29) is 11.9 Å². The summed E-state index contributed by atoms with van der Waals surface area (Å²) in [4.78, 5) is 12.1. The highest BCUT2D eigenvalue weighted by molar-refractivity contribution is 6.03. The van der Waals surface area contributed by atoms with Crippen LogP contribution in [0.3, 0.4) is 0 Å². The SMILES string of the molecule is CC(=CN)C(=O)N(C)C(=N)N. The fraction of sp³-hybridized carbons (Fsp3) is 0.333. The predicted octanol–water partition coefficient (Wildman–Crippen LogP) is -0.799. The molecule has 0 aromatic rings. The van der Waals surface area contributed by atoms with Crippen LogP contribution in [0.5, 0.6) is 0 Å². The summed E-state index contributed by atoms with van der Waals surface area (Å²) in [6.07, 6.45) is 1.18. The zero-order valence-electron chi connectivity index (χ0n) is 6.59. The van der Waals surface area contributed by atoms with Crippen LogP contribution in [0, 0.1) is 5.41 Å². The van der Waals surface area contributed by atoms with Crippen molar-refractivity contribution in [3.63, 3.8) is 0 Å². The summed E-state index contributed by atoms with van der Waals surface area (Å²) >= 11 is 0. The third kappa shape index (κ3) is 2.29. The third-order valence-corrected chi connectivity index (χ3v) is 1.25. The summed E-state index contributed by atoms with van der Waals surface area (Å²) in [5.74, 6) is -0.656. The molecule has 5 N–H and O–H groups in total. The maximum atomic E-state index is 11.1. The lowest BCUT2D eigenvalue weighted by Gasteiger charge is -2.13. The molecule has 0 atom stereocenters. The monoisotopic (exact) mass is 156 g/mol. The first kappa shape index (κ1) is 9.48. The lowest BCUT2D eigenvalue weighted by atomic mass is 10.3. The molecule has 0 aliphatic rings. The highest BCUT2D eigenvalue weighted by Gasteiger charge is 2.11. The van der Waals surface area contributed by atoms with Crippen LogP contribution in [0.2, 0.25) is 0 Å². The molecule has 0 aliphatic carbocycles. The van der Waals surface area contributed by atoms with E-state index in [1.54, 1.807) is 6.92 Å². The minimum atomic E-state index is -0.361. The second kappa shape index (κ2) is 3.60. The standard InChI is InChI=1S/C6H12N4O/c1-4(3-7)5(11)10(2)6(8)9/h3H,7H2,1-2H3,(H3,8,9). The van der Waals surface area contributed by atoms with Gasteiger partial charge in [0.15, 0.2) is 5.96 Å². The fourth-order valence-electron chi connectivity index (χ4n) is 0.445. The van der Waals surface area contributed by atoms with E-state index < -0.39 is 0 Å². The van der Waals surface area contributed by atoms with Gasteiger partial charge in [-0.1, -0.05) is 0 Å². The van der Waals surface area contributed by atoms with Crippen molar-refractivity contribution in [1.82, 2.24) is 4.90 Å². The zero-order chi connectivity index (χ0) is 9.02. The van der Waals surface area contributed by atoms with Crippen molar-refractivity contribution in [2.24, 2.45) is 11.5 Å². The summed E-state index contributed by atoms with van der Waals surface area (Å²) < 4.78 is 0. The number of hydrogen-bond acceptors (Lipinski definition) is 3. The quantitative estimate of drug-likeness (QED) is 0.263. The molecule has 0 saturated heterocycles. The van der Waals surface area contributed by atoms with Crippen LogP contribution in [0.4, 0.5) is 0 Å². The van der Waals surface area contributed by atoms with Crippen LogP contribution >= 0.6 is 0 Å². The van der Waals surface area contributed by atoms with Crippen LogP contribution in [0.1, 0.15) is 6.92 Å². The maximum Gasteiger partial charge on any atom is 0.257 e. The molecular weight excluding hydrogens is 144 g/mol. The Morgan fingerprint density at radius 3 is 2.36 bits per heavy atom. The molecule has 0 radical (unpaired) electrons. The topological polar surface area (TPSA) is 96.2 Å². The molecule has 0 aromatic carbocycles. The van der Waals surface area contributed by atoms with Gasteiger partial charge in [-0.05, 0) is 6.92 Å². The molecule has 0 saturated carbocycles. The van der Waals surface area contributed by atoms with Gasteiger partial charge in [0.1, 0.15) is 0 Å². The van der Waals surface area contributed by atoms with Crippen molar-refractivity contribution in [3.05, 3.63) is 11.8 Å². The van der Waals surface area contributed by atoms with Crippen molar-refractivity contribution in [3.8, 4) is 0 Å². The largest absolute Gasteiger partial charge is 0.404 e. The van der Waals surface area contributed by atoms with E-state index in [1.165, 1.54) is 13.2 Å². The Morgan fingerprint density at radius 2 is 2.09 bits per heavy atom. The van der Waals surface area contributed by atoms with Gasteiger partial charge in [0.2, 0.25) is 0 Å². The molecule has 0 fully saturated rings. The highest BCUT2D eigenvalue weighted by atomic mass is 16.2. The number of nitrogens with one attached hydrogen (secondary N) is 1. The molecular formula is C6H12N4O. The second-order valence-electron chi connectivity index (χ2n) is 2.10. The lowest BCUT2D eigenvalue weighted by Crippen LogP contribution is -2.38. The number of guanidine groups is 1. The fourth-order valence-corrected chi connectivity index (χ4v) is 0.445. The Labute approximate surface area is 65.2 Å². The molecule has 0 bridgehead atoms. The smallest absolute Gasteiger partial charge is 0.257 e. The molecule has 0 unspecified atom stereocenters. The number of carbonyl (C=O) groups is 1. The summed E-state index contributed by atoms with van der Waals surface area (Å²) in [6, 6.07) is 0. The minimum absolute atomic E-state index is 0.295. The first-order chi connectivity index (χ1) is 5.00. The van der Waals surface area contributed by atoms with Crippen LogP contribution in [0.25, 0.3) is 0 Å². The van der Waals surface area contributed by atoms with E-state index in [4.69, 9.17) is 16.9 Å². The summed E-state index contributed by atoms with van der Waals surface area (Å²) in [5, 5.41) is 6.91. The lowest BCUT2D eigenvalue weighted by molar-refractivity contribution is -0.122. The van der Waals surface area contributed by atoms with E-state index in [2.05, 4.69) is 0 Å². The molecule has 1 amide bonds. The van der Waals surface area contributed by atoms with Crippen LogP contribution in [-0.2, 0) is 4.79 Å². The van der Waals surface area contributed by atoms with E-state index in [1.807, 2.05) is 0 Å². The molecule has 0 aliphatic heterocycles. The van der Waals surface area contributed by atoms with Crippen molar-refractivity contribution < 1.29 is 4.79 Å². The average Bonchev–Trinajstić information content (AvgIpc) is 2.00. The molecule has 5 nitrogen and oxygen atoms in total. The van der Waals surface area contributed by atoms with Gasteiger partial charge in [-0.2, -0.15) is 0 Å². The van der Waals surface area contributed by atoms with E-state index in [0.717, 1.165) is 4.90 Å². The first-order valence-corrected chi connectivity index (χ1v) is 3.01. The molecule has 0 heterocycles. The zero-order valence-corrected chi connectivity index (χ0v) is 6.59. The number of carbonyl (C=O) groups excluding carboxylic acids is 1. The molecule has 0 aromatic heterocycles. The van der Waals surface area contributed by atoms with Gasteiger partial charge in [0.05, 0.1) is 0 Å². The Morgan fingerprint density at radius 1 is 1.64 bits per heavy atom. The van der Waals surface area contributed by atoms with Gasteiger partial charge >= 0.3 is 0 Å². The number of rotatable bonds is 1. The molecule has 11 heavy (non-hydrogen) atoms. The number of likely N-dealkylation sites (N-methyl/N-ethyl adjacent to an activating group) is 1. The molecule has 62 valence electrons. The second-order valence-corrected chi connectivity index (χ2v) is 2.10. The van der Waals surface area contributed by atoms with Crippen molar-refractivity contribution >= 4 is 11.9 Å². The van der Waals surface area contributed by atoms with Crippen LogP contribution < -0.4 is 11.5 Å². The number of hydrogen-bond donors (Lipinski definition) is 3. The van der Waals surface area contributed by atoms with Crippen LogP contribution in [-0.4, -0.2) is 23.8 Å². The number of amides is 1. The first-order valence-electron chi connectivity index (χ1n) is 3.01. The van der Waals surface area contributed by atoms with E-state index in [9.17, 15) is 4.79 Å². The Balaban J connectivity index is 4.38. The minimum Gasteiger partial charge on any atom is -0.404 e. The van der Waals surface area contributed by atoms with Gasteiger partial charge in [0.25, 0.3) is 5.91 Å². The van der Waals surface area contributed by atoms with E-state index >= 15 is 0 Å². The van der Waals surface area contributed by atoms with E-state index in [0.29, 0.717) is 5.57 Å². The number of nitrogens with zero attached hydrogens (tertiary/aromatic N) is 1. The van der Waals surface area contributed by atoms with Gasteiger partial charge in [-0.15, -0.1) is 0 Å². The average molecular weight is 156 g/mol. The normalized spacial score (nSPS) is 10.9. The summed E-state index contributed by atoms with van der Waals surface area (Å²) in [6.45, 7) is 1.56. The van der Waals surface area contributed by atoms with Crippen molar-refractivity contribution in [2.45, 2.75) is 6.92 Å². The maximum absolute atomic E-state index is 11.1. The van der Waals surface area contributed by atoms with Crippen molar-refractivity contribution in [1.29, 1.82) is 5.41 Å². The predicted molar refractivity (Wildman–Crippen MR) is 42.6 cm³/mol. The summed E-state index contributed by atoms with van der Waals surface area (Å²) in [5.41, 5.74) is 10.5. The van der Waals surface area contributed by atoms with Gasteiger partial charge in [-0.25, -0.2) is 0 Å². The van der Waals surface area contributed by atoms with Crippen molar-refractivity contribution in [2.75, 3.05) is 7.05 Å². The van der Waals surface area contributed by atoms with Gasteiger partial charge in [0, 0.05) is 18.8 Å². The molecule has 5 heteroatoms. The Kier molecular flexibility index (Phi) is 3.10. The molecule has 0 rings (SSSR count). The van der Waals surface area contributed by atoms with Crippen LogP contribution in [0.15, 0.2) is 11.8 Å². The molecule has 0 spiro atoms. The Bertz CT molecular complexity index is 209. The highest BCUT2D eigenvalue weighted by Crippen LogP contribution is 1.95. The van der Waals surface area contributed by atoms with Gasteiger partial charge in [-0.3, -0.25) is 15.1 Å². The summed E-state index contributed by atoms with van der Waals surface area (Å²) in [7, 11) is 1.41. The Hall–Kier alpha value is -1.52.